The highest BCUT2D eigenvalue weighted by Crippen LogP contribution is 2.22. The first kappa shape index (κ1) is 13.6. The lowest BCUT2D eigenvalue weighted by atomic mass is 10.2. The van der Waals surface area contributed by atoms with Crippen LogP contribution in [0.25, 0.3) is 10.7 Å². The third kappa shape index (κ3) is 3.83. The first-order chi connectivity index (χ1) is 8.65. The third-order valence-corrected chi connectivity index (χ3v) is 3.66. The van der Waals surface area contributed by atoms with Crippen molar-refractivity contribution >= 4 is 27.3 Å². The van der Waals surface area contributed by atoms with E-state index in [-0.39, 0.29) is 0 Å². The van der Waals surface area contributed by atoms with Gasteiger partial charge in [0.05, 0.1) is 0 Å². The zero-order valence-corrected chi connectivity index (χ0v) is 12.8. The third-order valence-electron chi connectivity index (χ3n) is 2.24. The smallest absolute Gasteiger partial charge is 0.166 e. The molecule has 0 spiro atoms. The maximum atomic E-state index is 4.31. The Morgan fingerprint density at radius 1 is 1.33 bits per heavy atom. The molecular formula is C12H15BrN4S. The molecule has 2 aromatic heterocycles. The monoisotopic (exact) mass is 326 g/mol. The predicted molar refractivity (Wildman–Crippen MR) is 77.4 cm³/mol. The summed E-state index contributed by atoms with van der Waals surface area (Å²) in [7, 11) is 0. The average Bonchev–Trinajstić information content (AvgIpc) is 2.78. The van der Waals surface area contributed by atoms with Crippen LogP contribution in [0.4, 0.5) is 0 Å². The van der Waals surface area contributed by atoms with Crippen molar-refractivity contribution in [3.8, 4) is 10.7 Å². The second kappa shape index (κ2) is 6.36. The van der Waals surface area contributed by atoms with Crippen LogP contribution in [-0.2, 0) is 6.54 Å². The van der Waals surface area contributed by atoms with E-state index in [1.54, 1.807) is 17.5 Å². The summed E-state index contributed by atoms with van der Waals surface area (Å²) >= 11 is 4.95. The molecule has 96 valence electrons. The van der Waals surface area contributed by atoms with Gasteiger partial charge in [0.15, 0.2) is 5.01 Å². The van der Waals surface area contributed by atoms with Crippen LogP contribution in [0, 0.1) is 5.92 Å². The average molecular weight is 327 g/mol. The molecule has 0 aliphatic carbocycles. The summed E-state index contributed by atoms with van der Waals surface area (Å²) in [5, 5.41) is 13.5. The van der Waals surface area contributed by atoms with E-state index in [1.165, 1.54) is 0 Å². The second-order valence-corrected chi connectivity index (χ2v) is 6.37. The Kier molecular flexibility index (Phi) is 4.79. The molecule has 1 N–H and O–H groups in total. The zero-order valence-electron chi connectivity index (χ0n) is 10.4. The van der Waals surface area contributed by atoms with Crippen molar-refractivity contribution in [2.24, 2.45) is 5.92 Å². The minimum atomic E-state index is 0.644. The van der Waals surface area contributed by atoms with Crippen molar-refractivity contribution in [1.82, 2.24) is 20.5 Å². The Labute approximate surface area is 119 Å². The highest BCUT2D eigenvalue weighted by molar-refractivity contribution is 9.10. The molecule has 0 fully saturated rings. The van der Waals surface area contributed by atoms with Crippen LogP contribution in [0.5, 0.6) is 0 Å². The van der Waals surface area contributed by atoms with Crippen molar-refractivity contribution in [3.05, 3.63) is 27.8 Å². The van der Waals surface area contributed by atoms with E-state index in [0.717, 1.165) is 33.3 Å². The molecule has 4 nitrogen and oxygen atoms in total. The summed E-state index contributed by atoms with van der Waals surface area (Å²) in [4.78, 5) is 4.31. The number of nitrogens with one attached hydrogen (secondary N) is 1. The molecule has 0 aliphatic rings. The molecule has 0 amide bonds. The molecule has 18 heavy (non-hydrogen) atoms. The topological polar surface area (TPSA) is 50.7 Å². The summed E-state index contributed by atoms with van der Waals surface area (Å²) in [6, 6.07) is 3.90. The molecule has 6 heteroatoms. The van der Waals surface area contributed by atoms with Gasteiger partial charge in [-0.25, -0.2) is 0 Å². The maximum absolute atomic E-state index is 4.31. The van der Waals surface area contributed by atoms with Crippen LogP contribution >= 0.6 is 27.3 Å². The van der Waals surface area contributed by atoms with Gasteiger partial charge in [-0.2, -0.15) is 0 Å². The number of aromatic nitrogens is 3. The Balaban J connectivity index is 1.99. The van der Waals surface area contributed by atoms with Crippen molar-refractivity contribution in [1.29, 1.82) is 0 Å². The van der Waals surface area contributed by atoms with Crippen LogP contribution in [0.2, 0.25) is 0 Å². The molecule has 0 radical (unpaired) electrons. The first-order valence-electron chi connectivity index (χ1n) is 5.80. The van der Waals surface area contributed by atoms with Crippen molar-refractivity contribution in [2.45, 2.75) is 20.4 Å². The van der Waals surface area contributed by atoms with Gasteiger partial charge in [0.1, 0.15) is 10.7 Å². The number of nitrogens with zero attached hydrogens (tertiary/aromatic N) is 3. The van der Waals surface area contributed by atoms with Crippen LogP contribution in [0.1, 0.15) is 18.9 Å². The van der Waals surface area contributed by atoms with E-state index >= 15 is 0 Å². The molecule has 0 bridgehead atoms. The van der Waals surface area contributed by atoms with Gasteiger partial charge in [-0.3, -0.25) is 4.98 Å². The van der Waals surface area contributed by atoms with Crippen molar-refractivity contribution in [3.63, 3.8) is 0 Å². The summed E-state index contributed by atoms with van der Waals surface area (Å²) in [5.74, 6) is 0.644. The van der Waals surface area contributed by atoms with Gasteiger partial charge in [-0.1, -0.05) is 25.2 Å². The fraction of sp³-hybridized carbons (Fsp3) is 0.417. The number of halogens is 1. The van der Waals surface area contributed by atoms with Crippen molar-refractivity contribution in [2.75, 3.05) is 6.54 Å². The van der Waals surface area contributed by atoms with E-state index in [2.05, 4.69) is 50.3 Å². The van der Waals surface area contributed by atoms with E-state index < -0.39 is 0 Å². The fourth-order valence-corrected chi connectivity index (χ4v) is 2.42. The molecule has 0 atom stereocenters. The highest BCUT2D eigenvalue weighted by atomic mass is 79.9. The molecule has 2 heterocycles. The van der Waals surface area contributed by atoms with Gasteiger partial charge < -0.3 is 5.32 Å². The van der Waals surface area contributed by atoms with Gasteiger partial charge in [-0.05, 0) is 40.5 Å². The van der Waals surface area contributed by atoms with Gasteiger partial charge in [0, 0.05) is 17.2 Å². The highest BCUT2D eigenvalue weighted by Gasteiger charge is 2.07. The van der Waals surface area contributed by atoms with Crippen LogP contribution < -0.4 is 5.32 Å². The van der Waals surface area contributed by atoms with E-state index in [0.29, 0.717) is 5.92 Å². The molecule has 0 aromatic carbocycles. The second-order valence-electron chi connectivity index (χ2n) is 4.39. The lowest BCUT2D eigenvalue weighted by Crippen LogP contribution is -2.18. The summed E-state index contributed by atoms with van der Waals surface area (Å²) in [6.07, 6.45) is 1.77. The molecule has 0 unspecified atom stereocenters. The minimum Gasteiger partial charge on any atom is -0.310 e. The lowest BCUT2D eigenvalue weighted by Gasteiger charge is -2.03. The van der Waals surface area contributed by atoms with Crippen LogP contribution in [0.15, 0.2) is 22.8 Å². The summed E-state index contributed by atoms with van der Waals surface area (Å²) in [5.41, 5.74) is 0.866. The first-order valence-corrected chi connectivity index (χ1v) is 7.41. The Bertz CT molecular complexity index is 495. The van der Waals surface area contributed by atoms with E-state index in [4.69, 9.17) is 0 Å². The number of pyridine rings is 1. The van der Waals surface area contributed by atoms with Crippen LogP contribution in [0.3, 0.4) is 0 Å². The minimum absolute atomic E-state index is 0.644. The molecule has 2 aromatic rings. The van der Waals surface area contributed by atoms with E-state index in [1.807, 2.05) is 12.1 Å². The summed E-state index contributed by atoms with van der Waals surface area (Å²) in [6.45, 7) is 6.13. The zero-order chi connectivity index (χ0) is 13.0. The Hall–Kier alpha value is -0.850. The molecule has 2 rings (SSSR count). The normalized spacial score (nSPS) is 11.1. The SMILES string of the molecule is CC(C)CNCc1nnc(-c2ccc(Br)cn2)s1. The maximum Gasteiger partial charge on any atom is 0.166 e. The largest absolute Gasteiger partial charge is 0.310 e. The quantitative estimate of drug-likeness (QED) is 0.917. The van der Waals surface area contributed by atoms with E-state index in [9.17, 15) is 0 Å². The fourth-order valence-electron chi connectivity index (χ4n) is 1.40. The lowest BCUT2D eigenvalue weighted by molar-refractivity contribution is 0.550. The number of hydrogen-bond donors (Lipinski definition) is 1. The standard InChI is InChI=1S/C12H15BrN4S/c1-8(2)5-14-7-11-16-17-12(18-11)10-4-3-9(13)6-15-10/h3-4,6,8,14H,5,7H2,1-2H3. The van der Waals surface area contributed by atoms with Gasteiger partial charge in [0.25, 0.3) is 0 Å². The molecular weight excluding hydrogens is 312 g/mol. The van der Waals surface area contributed by atoms with Gasteiger partial charge in [0.2, 0.25) is 0 Å². The Morgan fingerprint density at radius 2 is 2.17 bits per heavy atom. The molecule has 0 saturated carbocycles. The number of hydrogen-bond acceptors (Lipinski definition) is 5. The van der Waals surface area contributed by atoms with Crippen LogP contribution in [-0.4, -0.2) is 21.7 Å². The summed E-state index contributed by atoms with van der Waals surface area (Å²) < 4.78 is 0.967. The molecule has 0 saturated heterocycles. The predicted octanol–water partition coefficient (Wildman–Crippen LogP) is 3.11. The molecule has 0 aliphatic heterocycles. The van der Waals surface area contributed by atoms with Gasteiger partial charge >= 0.3 is 0 Å². The van der Waals surface area contributed by atoms with Crippen molar-refractivity contribution < 1.29 is 0 Å². The Morgan fingerprint density at radius 3 is 2.83 bits per heavy atom. The number of rotatable bonds is 5. The van der Waals surface area contributed by atoms with Gasteiger partial charge in [-0.15, -0.1) is 10.2 Å².